The second-order valence-corrected chi connectivity index (χ2v) is 9.25. The van der Waals surface area contributed by atoms with Crippen molar-refractivity contribution < 1.29 is 19.7 Å². The zero-order valence-electron chi connectivity index (χ0n) is 18.7. The lowest BCUT2D eigenvalue weighted by atomic mass is 10.0. The maximum absolute atomic E-state index is 12.5. The van der Waals surface area contributed by atoms with Gasteiger partial charge in [0.05, 0.1) is 21.7 Å². The first kappa shape index (κ1) is 25.7. The molecule has 180 valence electrons. The number of hydrogen-bond acceptors (Lipinski definition) is 6. The molecule has 0 bridgehead atoms. The maximum Gasteiger partial charge on any atom is 0.254 e. The number of rotatable bonds is 11. The summed E-state index contributed by atoms with van der Waals surface area (Å²) in [5.74, 6) is 0.755. The summed E-state index contributed by atoms with van der Waals surface area (Å²) in [7, 11) is 0. The Morgan fingerprint density at radius 2 is 1.97 bits per heavy atom. The van der Waals surface area contributed by atoms with Crippen LogP contribution in [0, 0.1) is 5.92 Å². The molecule has 2 atom stereocenters. The van der Waals surface area contributed by atoms with Gasteiger partial charge < -0.3 is 25.6 Å². The van der Waals surface area contributed by atoms with E-state index in [0.29, 0.717) is 12.5 Å². The van der Waals surface area contributed by atoms with Gasteiger partial charge >= 0.3 is 0 Å². The average molecular weight is 496 g/mol. The van der Waals surface area contributed by atoms with E-state index in [1.54, 1.807) is 18.2 Å². The second kappa shape index (κ2) is 12.5. The summed E-state index contributed by atoms with van der Waals surface area (Å²) in [5, 5.41) is 25.6. The fourth-order valence-corrected chi connectivity index (χ4v) is 4.30. The molecule has 33 heavy (non-hydrogen) atoms. The number of nitrogens with one attached hydrogen (secondary N) is 2. The first-order valence-electron chi connectivity index (χ1n) is 11.3. The molecule has 2 heterocycles. The molecule has 0 unspecified atom stereocenters. The molecule has 3 rings (SSSR count). The number of nitrogens with zero attached hydrogens (tertiary/aromatic N) is 1. The standard InChI is InChI=1S/C24H31Cl2N3O4/c1-15(7-9-17-10-8-16-4-3-12-27-22(16)28-17)14-33-13-11-20(24(31)32)29-23(30)21-18(25)5-2-6-19(21)26/h2,5-6,8,10,15,20,24,31-32H,3-4,7,9,11-14H2,1H3,(H,27,28)(H,29,30)/t15-,20+/m1/s1. The molecule has 1 aromatic heterocycles. The van der Waals surface area contributed by atoms with Gasteiger partial charge in [0.2, 0.25) is 0 Å². The third kappa shape index (κ3) is 7.55. The third-order valence-corrected chi connectivity index (χ3v) is 6.32. The number of fused-ring (bicyclic) bond motifs is 1. The molecule has 1 aliphatic heterocycles. The van der Waals surface area contributed by atoms with Crippen LogP contribution in [0.3, 0.4) is 0 Å². The molecule has 1 aliphatic rings. The summed E-state index contributed by atoms with van der Waals surface area (Å²) in [6.07, 6.45) is 2.52. The van der Waals surface area contributed by atoms with Crippen LogP contribution < -0.4 is 10.6 Å². The Labute approximate surface area is 204 Å². The molecule has 4 N–H and O–H groups in total. The Morgan fingerprint density at radius 1 is 1.21 bits per heavy atom. The van der Waals surface area contributed by atoms with Crippen LogP contribution in [0.15, 0.2) is 30.3 Å². The first-order valence-corrected chi connectivity index (χ1v) is 12.0. The predicted octanol–water partition coefficient (Wildman–Crippen LogP) is 3.83. The highest BCUT2D eigenvalue weighted by atomic mass is 35.5. The van der Waals surface area contributed by atoms with E-state index in [4.69, 9.17) is 32.9 Å². The lowest BCUT2D eigenvalue weighted by molar-refractivity contribution is -0.0717. The predicted molar refractivity (Wildman–Crippen MR) is 130 cm³/mol. The van der Waals surface area contributed by atoms with E-state index in [1.165, 1.54) is 5.56 Å². The molecule has 2 aromatic rings. The first-order chi connectivity index (χ1) is 15.8. The number of aliphatic hydroxyl groups is 2. The Morgan fingerprint density at radius 3 is 2.70 bits per heavy atom. The Balaban J connectivity index is 1.40. The van der Waals surface area contributed by atoms with Crippen molar-refractivity contribution in [2.75, 3.05) is 25.1 Å². The van der Waals surface area contributed by atoms with Gasteiger partial charge in [-0.1, -0.05) is 42.3 Å². The number of aliphatic hydroxyl groups excluding tert-OH is 1. The molecular formula is C24H31Cl2N3O4. The van der Waals surface area contributed by atoms with Gasteiger partial charge in [0.25, 0.3) is 5.91 Å². The SMILES string of the molecule is C[C@H](CCc1ccc2c(n1)NCCC2)COCC[C@H](NC(=O)c1c(Cl)cccc1Cl)C(O)O. The summed E-state index contributed by atoms with van der Waals surface area (Å²) in [5.41, 5.74) is 2.46. The van der Waals surface area contributed by atoms with Crippen LogP contribution in [-0.2, 0) is 17.6 Å². The summed E-state index contributed by atoms with van der Waals surface area (Å²) in [6.45, 7) is 3.88. The number of ether oxygens (including phenoxy) is 1. The van der Waals surface area contributed by atoms with E-state index in [-0.39, 0.29) is 28.6 Å². The van der Waals surface area contributed by atoms with Gasteiger partial charge in [-0.3, -0.25) is 4.79 Å². The number of hydrogen-bond donors (Lipinski definition) is 4. The highest BCUT2D eigenvalue weighted by Gasteiger charge is 2.23. The number of amides is 1. The summed E-state index contributed by atoms with van der Waals surface area (Å²) in [6, 6.07) is 8.08. The van der Waals surface area contributed by atoms with Gasteiger partial charge in [-0.25, -0.2) is 4.98 Å². The number of carbonyl (C=O) groups excluding carboxylic acids is 1. The minimum atomic E-state index is -1.74. The number of anilines is 1. The Bertz CT molecular complexity index is 922. The Hall–Kier alpha value is -1.90. The van der Waals surface area contributed by atoms with E-state index in [2.05, 4.69) is 29.7 Å². The van der Waals surface area contributed by atoms with Gasteiger partial charge in [0, 0.05) is 25.5 Å². The minimum Gasteiger partial charge on any atom is -0.381 e. The molecule has 0 spiro atoms. The van der Waals surface area contributed by atoms with Crippen molar-refractivity contribution in [3.05, 3.63) is 57.2 Å². The van der Waals surface area contributed by atoms with Crippen molar-refractivity contribution in [1.82, 2.24) is 10.3 Å². The van der Waals surface area contributed by atoms with Gasteiger partial charge in [0.15, 0.2) is 6.29 Å². The Kier molecular flexibility index (Phi) is 9.77. The van der Waals surface area contributed by atoms with Gasteiger partial charge in [-0.05, 0) is 61.8 Å². The highest BCUT2D eigenvalue weighted by molar-refractivity contribution is 6.39. The van der Waals surface area contributed by atoms with E-state index >= 15 is 0 Å². The molecule has 1 aromatic carbocycles. The quantitative estimate of drug-likeness (QED) is 0.279. The largest absolute Gasteiger partial charge is 0.381 e. The van der Waals surface area contributed by atoms with E-state index < -0.39 is 18.2 Å². The molecule has 1 amide bonds. The minimum absolute atomic E-state index is 0.104. The topological polar surface area (TPSA) is 104 Å². The van der Waals surface area contributed by atoms with Gasteiger partial charge in [-0.15, -0.1) is 0 Å². The number of benzene rings is 1. The van der Waals surface area contributed by atoms with Crippen molar-refractivity contribution in [3.63, 3.8) is 0 Å². The van der Waals surface area contributed by atoms with Crippen LogP contribution in [0.2, 0.25) is 10.0 Å². The molecule has 0 aliphatic carbocycles. The number of aryl methyl sites for hydroxylation is 2. The molecular weight excluding hydrogens is 465 g/mol. The molecule has 0 saturated carbocycles. The number of aromatic nitrogens is 1. The molecule has 9 heteroatoms. The average Bonchev–Trinajstić information content (AvgIpc) is 2.79. The van der Waals surface area contributed by atoms with E-state index in [9.17, 15) is 15.0 Å². The molecule has 7 nitrogen and oxygen atoms in total. The maximum atomic E-state index is 12.5. The van der Waals surface area contributed by atoms with Crippen molar-refractivity contribution in [1.29, 1.82) is 0 Å². The van der Waals surface area contributed by atoms with Crippen LogP contribution in [0.4, 0.5) is 5.82 Å². The van der Waals surface area contributed by atoms with Crippen LogP contribution in [0.25, 0.3) is 0 Å². The van der Waals surface area contributed by atoms with E-state index in [0.717, 1.165) is 43.7 Å². The molecule has 0 fully saturated rings. The molecule has 0 radical (unpaired) electrons. The van der Waals surface area contributed by atoms with Crippen molar-refractivity contribution in [2.24, 2.45) is 5.92 Å². The zero-order chi connectivity index (χ0) is 23.8. The second-order valence-electron chi connectivity index (χ2n) is 8.44. The van der Waals surface area contributed by atoms with Gasteiger partial charge in [-0.2, -0.15) is 0 Å². The molecule has 0 saturated heterocycles. The smallest absolute Gasteiger partial charge is 0.254 e. The zero-order valence-corrected chi connectivity index (χ0v) is 20.2. The van der Waals surface area contributed by atoms with Crippen molar-refractivity contribution in [3.8, 4) is 0 Å². The number of pyridine rings is 1. The fraction of sp³-hybridized carbons (Fsp3) is 0.500. The van der Waals surface area contributed by atoms with Crippen molar-refractivity contribution >= 4 is 34.9 Å². The van der Waals surface area contributed by atoms with E-state index in [1.807, 2.05) is 0 Å². The lowest BCUT2D eigenvalue weighted by Gasteiger charge is -2.21. The van der Waals surface area contributed by atoms with Crippen molar-refractivity contribution in [2.45, 2.75) is 51.4 Å². The summed E-state index contributed by atoms with van der Waals surface area (Å²) in [4.78, 5) is 17.2. The number of carbonyl (C=O) groups is 1. The van der Waals surface area contributed by atoms with Crippen LogP contribution in [0.1, 0.15) is 47.8 Å². The summed E-state index contributed by atoms with van der Waals surface area (Å²) >= 11 is 12.1. The lowest BCUT2D eigenvalue weighted by Crippen LogP contribution is -2.44. The monoisotopic (exact) mass is 495 g/mol. The fourth-order valence-electron chi connectivity index (χ4n) is 3.73. The van der Waals surface area contributed by atoms with Crippen LogP contribution in [0.5, 0.6) is 0 Å². The highest BCUT2D eigenvalue weighted by Crippen LogP contribution is 2.24. The number of halogens is 2. The van der Waals surface area contributed by atoms with Gasteiger partial charge in [0.1, 0.15) is 5.82 Å². The normalized spacial score (nSPS) is 15.0. The summed E-state index contributed by atoms with van der Waals surface area (Å²) < 4.78 is 5.73. The van der Waals surface area contributed by atoms with Crippen LogP contribution >= 0.6 is 23.2 Å². The third-order valence-electron chi connectivity index (χ3n) is 5.69. The van der Waals surface area contributed by atoms with Crippen LogP contribution in [-0.4, -0.2) is 53.2 Å².